The van der Waals surface area contributed by atoms with Gasteiger partial charge in [0, 0.05) is 18.3 Å². The molecule has 122 valence electrons. The highest BCUT2D eigenvalue weighted by Crippen LogP contribution is 2.36. The zero-order valence-electron chi connectivity index (χ0n) is 14.5. The van der Waals surface area contributed by atoms with Crippen LogP contribution in [0.5, 0.6) is 0 Å². The van der Waals surface area contributed by atoms with Gasteiger partial charge in [0.2, 0.25) is 0 Å². The molecule has 0 saturated carbocycles. The van der Waals surface area contributed by atoms with Gasteiger partial charge in [0.1, 0.15) is 0 Å². The predicted molar refractivity (Wildman–Crippen MR) is 92.8 cm³/mol. The molecule has 1 aromatic rings. The zero-order valence-corrected chi connectivity index (χ0v) is 14.5. The molecule has 2 aliphatic heterocycles. The van der Waals surface area contributed by atoms with Crippen molar-refractivity contribution in [3.8, 4) is 6.07 Å². The third-order valence-corrected chi connectivity index (χ3v) is 5.45. The van der Waals surface area contributed by atoms with E-state index in [-0.39, 0.29) is 18.3 Å². The van der Waals surface area contributed by atoms with Crippen LogP contribution in [-0.2, 0) is 9.31 Å². The molecule has 1 atom stereocenters. The van der Waals surface area contributed by atoms with Gasteiger partial charge < -0.3 is 14.2 Å². The average molecular weight is 312 g/mol. The first-order valence-corrected chi connectivity index (χ1v) is 8.43. The number of hydrogen-bond acceptors (Lipinski definition) is 4. The molecule has 0 bridgehead atoms. The second kappa shape index (κ2) is 5.85. The maximum atomic E-state index is 8.97. The van der Waals surface area contributed by atoms with E-state index < -0.39 is 0 Å². The molecule has 0 aliphatic carbocycles. The normalized spacial score (nSPS) is 25.6. The van der Waals surface area contributed by atoms with E-state index >= 15 is 0 Å². The summed E-state index contributed by atoms with van der Waals surface area (Å²) >= 11 is 0. The van der Waals surface area contributed by atoms with Crippen LogP contribution in [-0.4, -0.2) is 30.9 Å². The maximum Gasteiger partial charge on any atom is 0.494 e. The van der Waals surface area contributed by atoms with E-state index in [0.29, 0.717) is 12.5 Å². The van der Waals surface area contributed by atoms with E-state index in [1.54, 1.807) is 0 Å². The molecule has 1 aromatic carbocycles. The summed E-state index contributed by atoms with van der Waals surface area (Å²) in [5, 5.41) is 8.97. The third-order valence-electron chi connectivity index (χ3n) is 5.45. The molecule has 0 N–H and O–H groups in total. The van der Waals surface area contributed by atoms with E-state index in [9.17, 15) is 0 Å². The van der Waals surface area contributed by atoms with Gasteiger partial charge in [0.05, 0.1) is 23.7 Å². The molecule has 3 rings (SSSR count). The van der Waals surface area contributed by atoms with E-state index in [2.05, 4.69) is 62.9 Å². The van der Waals surface area contributed by atoms with Gasteiger partial charge in [-0.2, -0.15) is 5.26 Å². The van der Waals surface area contributed by atoms with Crippen molar-refractivity contribution in [3.05, 3.63) is 24.3 Å². The lowest BCUT2D eigenvalue weighted by atomic mass is 9.79. The summed E-state index contributed by atoms with van der Waals surface area (Å²) in [6.45, 7) is 9.30. The number of nitriles is 1. The van der Waals surface area contributed by atoms with Crippen LogP contribution in [0.1, 0.15) is 47.0 Å². The third kappa shape index (κ3) is 2.98. The van der Waals surface area contributed by atoms with Gasteiger partial charge in [-0.05, 0) is 58.1 Å². The molecule has 2 fully saturated rings. The molecule has 0 amide bonds. The Morgan fingerprint density at radius 2 is 1.78 bits per heavy atom. The van der Waals surface area contributed by atoms with Crippen molar-refractivity contribution < 1.29 is 9.31 Å². The molecule has 2 saturated heterocycles. The highest BCUT2D eigenvalue weighted by molar-refractivity contribution is 6.62. The fourth-order valence-electron chi connectivity index (χ4n) is 3.30. The van der Waals surface area contributed by atoms with Crippen LogP contribution in [0.3, 0.4) is 0 Å². The Bertz CT molecular complexity index is 590. The molecule has 0 radical (unpaired) electrons. The number of rotatable bonds is 3. The molecule has 0 aromatic heterocycles. The molecule has 0 unspecified atom stereocenters. The SMILES string of the molecule is CC1(C)OB(c2ccc(N3CCC[C@H]3CC#N)cc2)OC1(C)C. The summed E-state index contributed by atoms with van der Waals surface area (Å²) in [6, 6.07) is 11.1. The minimum absolute atomic E-state index is 0.316. The average Bonchev–Trinajstić information content (AvgIpc) is 3.02. The maximum absolute atomic E-state index is 8.97. The zero-order chi connectivity index (χ0) is 16.7. The second-order valence-corrected chi connectivity index (χ2v) is 7.53. The lowest BCUT2D eigenvalue weighted by Crippen LogP contribution is -2.41. The molecule has 23 heavy (non-hydrogen) atoms. The van der Waals surface area contributed by atoms with Gasteiger partial charge in [-0.3, -0.25) is 0 Å². The predicted octanol–water partition coefficient (Wildman–Crippen LogP) is 2.87. The fraction of sp³-hybridized carbons (Fsp3) is 0.611. The topological polar surface area (TPSA) is 45.5 Å². The largest absolute Gasteiger partial charge is 0.494 e. The summed E-state index contributed by atoms with van der Waals surface area (Å²) in [7, 11) is -0.317. The van der Waals surface area contributed by atoms with Gasteiger partial charge in [-0.15, -0.1) is 0 Å². The Hall–Kier alpha value is -1.51. The first-order chi connectivity index (χ1) is 10.8. The summed E-state index contributed by atoms with van der Waals surface area (Å²) in [5.41, 5.74) is 1.60. The van der Waals surface area contributed by atoms with Gasteiger partial charge in [-0.25, -0.2) is 0 Å². The lowest BCUT2D eigenvalue weighted by Gasteiger charge is -2.32. The quantitative estimate of drug-likeness (QED) is 0.805. The van der Waals surface area contributed by atoms with Crippen LogP contribution in [0, 0.1) is 11.3 Å². The van der Waals surface area contributed by atoms with Crippen LogP contribution in [0.2, 0.25) is 0 Å². The van der Waals surface area contributed by atoms with Crippen molar-refractivity contribution in [3.63, 3.8) is 0 Å². The number of hydrogen-bond donors (Lipinski definition) is 0. The van der Waals surface area contributed by atoms with Crippen LogP contribution in [0.15, 0.2) is 24.3 Å². The minimum Gasteiger partial charge on any atom is -0.399 e. The summed E-state index contributed by atoms with van der Waals surface area (Å²) in [6.07, 6.45) is 2.86. The Morgan fingerprint density at radius 3 is 2.35 bits per heavy atom. The van der Waals surface area contributed by atoms with Gasteiger partial charge in [0.25, 0.3) is 0 Å². The Morgan fingerprint density at radius 1 is 1.17 bits per heavy atom. The first-order valence-electron chi connectivity index (χ1n) is 8.43. The molecular formula is C18H25BN2O2. The Labute approximate surface area is 139 Å². The van der Waals surface area contributed by atoms with Gasteiger partial charge in [0.15, 0.2) is 0 Å². The van der Waals surface area contributed by atoms with Crippen molar-refractivity contribution in [2.24, 2.45) is 0 Å². The molecule has 2 heterocycles. The van der Waals surface area contributed by atoms with Crippen LogP contribution >= 0.6 is 0 Å². The summed E-state index contributed by atoms with van der Waals surface area (Å²) in [5.74, 6) is 0. The van der Waals surface area contributed by atoms with Gasteiger partial charge >= 0.3 is 7.12 Å². The molecule has 5 heteroatoms. The van der Waals surface area contributed by atoms with Crippen molar-refractivity contribution in [2.45, 2.75) is 64.2 Å². The van der Waals surface area contributed by atoms with E-state index in [1.807, 2.05) is 0 Å². The molecule has 2 aliphatic rings. The fourth-order valence-corrected chi connectivity index (χ4v) is 3.30. The Kier molecular flexibility index (Phi) is 4.16. The van der Waals surface area contributed by atoms with Crippen LogP contribution in [0.25, 0.3) is 0 Å². The second-order valence-electron chi connectivity index (χ2n) is 7.53. The summed E-state index contributed by atoms with van der Waals surface area (Å²) in [4.78, 5) is 2.34. The molecule has 0 spiro atoms. The Balaban J connectivity index is 1.75. The minimum atomic E-state index is -0.317. The van der Waals surface area contributed by atoms with Crippen LogP contribution in [0.4, 0.5) is 5.69 Å². The molecular weight excluding hydrogens is 287 g/mol. The van der Waals surface area contributed by atoms with Crippen molar-refractivity contribution in [1.29, 1.82) is 5.26 Å². The smallest absolute Gasteiger partial charge is 0.399 e. The van der Waals surface area contributed by atoms with Gasteiger partial charge in [-0.1, -0.05) is 12.1 Å². The number of anilines is 1. The van der Waals surface area contributed by atoms with Crippen molar-refractivity contribution >= 4 is 18.3 Å². The standard InChI is InChI=1S/C18H25BN2O2/c1-17(2)18(3,4)23-19(22-17)14-7-9-16(10-8-14)21-13-5-6-15(21)11-12-20/h7-10,15H,5-6,11,13H2,1-4H3/t15-/m0/s1. The summed E-state index contributed by atoms with van der Waals surface area (Å²) < 4.78 is 12.2. The van der Waals surface area contributed by atoms with Crippen molar-refractivity contribution in [1.82, 2.24) is 0 Å². The van der Waals surface area contributed by atoms with E-state index in [4.69, 9.17) is 14.6 Å². The van der Waals surface area contributed by atoms with E-state index in [0.717, 1.165) is 24.8 Å². The highest BCUT2D eigenvalue weighted by atomic mass is 16.7. The lowest BCUT2D eigenvalue weighted by molar-refractivity contribution is 0.00578. The highest BCUT2D eigenvalue weighted by Gasteiger charge is 2.51. The van der Waals surface area contributed by atoms with Crippen molar-refractivity contribution in [2.75, 3.05) is 11.4 Å². The van der Waals surface area contributed by atoms with Crippen LogP contribution < -0.4 is 10.4 Å². The van der Waals surface area contributed by atoms with E-state index in [1.165, 1.54) is 5.69 Å². The number of benzene rings is 1. The molecule has 4 nitrogen and oxygen atoms in total. The monoisotopic (exact) mass is 312 g/mol. The first kappa shape index (κ1) is 16.4. The number of nitrogens with zero attached hydrogens (tertiary/aromatic N) is 2.